The van der Waals surface area contributed by atoms with Gasteiger partial charge in [0.1, 0.15) is 11.6 Å². The van der Waals surface area contributed by atoms with E-state index in [-0.39, 0.29) is 6.54 Å². The number of thiophene rings is 1. The van der Waals surface area contributed by atoms with Gasteiger partial charge in [0.05, 0.1) is 9.88 Å². The standard InChI is InChI=1S/C19H15F2N3O2S/c20-13-8-12(9-14(21)10-13)11-22-18(25)16-6-7-17(27-16)24-19(26)23-15-4-2-1-3-5-15/h1-10H,11H2,(H,22,25)(H2,23,24,26). The van der Waals surface area contributed by atoms with Crippen molar-refractivity contribution in [3.8, 4) is 0 Å². The zero-order valence-corrected chi connectivity index (χ0v) is 14.8. The first-order valence-electron chi connectivity index (χ1n) is 7.95. The smallest absolute Gasteiger partial charge is 0.324 e. The Morgan fingerprint density at radius 3 is 2.30 bits per heavy atom. The van der Waals surface area contributed by atoms with Gasteiger partial charge in [-0.3, -0.25) is 10.1 Å². The second kappa shape index (κ2) is 8.41. The van der Waals surface area contributed by atoms with Gasteiger partial charge >= 0.3 is 6.03 Å². The molecule has 3 N–H and O–H groups in total. The van der Waals surface area contributed by atoms with Crippen molar-refractivity contribution in [1.29, 1.82) is 0 Å². The summed E-state index contributed by atoms with van der Waals surface area (Å²) in [6, 6.07) is 14.7. The average Bonchev–Trinajstić information content (AvgIpc) is 3.08. The highest BCUT2D eigenvalue weighted by molar-refractivity contribution is 7.18. The molecule has 0 aliphatic heterocycles. The van der Waals surface area contributed by atoms with Gasteiger partial charge in [0.25, 0.3) is 5.91 Å². The minimum absolute atomic E-state index is 0.0112. The first-order valence-corrected chi connectivity index (χ1v) is 8.77. The number of hydrogen-bond acceptors (Lipinski definition) is 3. The van der Waals surface area contributed by atoms with Crippen molar-refractivity contribution >= 4 is 34.0 Å². The Kier molecular flexibility index (Phi) is 5.77. The highest BCUT2D eigenvalue weighted by atomic mass is 32.1. The van der Waals surface area contributed by atoms with Crippen molar-refractivity contribution in [2.75, 3.05) is 10.6 Å². The third-order valence-corrected chi connectivity index (χ3v) is 4.47. The van der Waals surface area contributed by atoms with Gasteiger partial charge in [0, 0.05) is 18.3 Å². The molecule has 2 aromatic carbocycles. The molecule has 0 atom stereocenters. The van der Waals surface area contributed by atoms with E-state index >= 15 is 0 Å². The van der Waals surface area contributed by atoms with E-state index in [1.54, 1.807) is 36.4 Å². The van der Waals surface area contributed by atoms with Crippen LogP contribution in [0.3, 0.4) is 0 Å². The van der Waals surface area contributed by atoms with Crippen molar-refractivity contribution in [2.45, 2.75) is 6.54 Å². The van der Waals surface area contributed by atoms with Crippen molar-refractivity contribution < 1.29 is 18.4 Å². The number of para-hydroxylation sites is 1. The molecule has 1 heterocycles. The Bertz CT molecular complexity index is 940. The zero-order valence-electron chi connectivity index (χ0n) is 14.0. The molecule has 0 saturated heterocycles. The van der Waals surface area contributed by atoms with Gasteiger partial charge in [-0.2, -0.15) is 0 Å². The fourth-order valence-electron chi connectivity index (χ4n) is 2.31. The summed E-state index contributed by atoms with van der Waals surface area (Å²) in [5.74, 6) is -1.81. The van der Waals surface area contributed by atoms with E-state index < -0.39 is 23.6 Å². The quantitative estimate of drug-likeness (QED) is 0.599. The molecule has 5 nitrogen and oxygen atoms in total. The molecule has 0 aliphatic rings. The number of hydrogen-bond donors (Lipinski definition) is 3. The minimum atomic E-state index is -0.703. The third kappa shape index (κ3) is 5.35. The lowest BCUT2D eigenvalue weighted by molar-refractivity contribution is 0.0955. The Balaban J connectivity index is 1.54. The zero-order chi connectivity index (χ0) is 19.2. The van der Waals surface area contributed by atoms with Crippen LogP contribution in [0, 0.1) is 11.6 Å². The first-order chi connectivity index (χ1) is 13.0. The van der Waals surface area contributed by atoms with Crippen molar-refractivity contribution in [3.05, 3.63) is 82.7 Å². The summed E-state index contributed by atoms with van der Waals surface area (Å²) in [7, 11) is 0. The maximum Gasteiger partial charge on any atom is 0.324 e. The minimum Gasteiger partial charge on any atom is -0.347 e. The highest BCUT2D eigenvalue weighted by Gasteiger charge is 2.11. The maximum absolute atomic E-state index is 13.2. The lowest BCUT2D eigenvalue weighted by Gasteiger charge is -2.06. The molecule has 1 aromatic heterocycles. The van der Waals surface area contributed by atoms with E-state index in [0.717, 1.165) is 29.5 Å². The molecule has 3 aromatic rings. The van der Waals surface area contributed by atoms with Gasteiger partial charge in [-0.25, -0.2) is 13.6 Å². The van der Waals surface area contributed by atoms with Crippen LogP contribution in [0.25, 0.3) is 0 Å². The molecule has 0 radical (unpaired) electrons. The highest BCUT2D eigenvalue weighted by Crippen LogP contribution is 2.22. The van der Waals surface area contributed by atoms with Crippen LogP contribution in [0.4, 0.5) is 24.3 Å². The number of nitrogens with one attached hydrogen (secondary N) is 3. The summed E-state index contributed by atoms with van der Waals surface area (Å²) in [6.45, 7) is -0.0112. The topological polar surface area (TPSA) is 70.2 Å². The molecule has 0 unspecified atom stereocenters. The molecule has 0 fully saturated rings. The van der Waals surface area contributed by atoms with Gasteiger partial charge < -0.3 is 10.6 Å². The molecule has 138 valence electrons. The van der Waals surface area contributed by atoms with Gasteiger partial charge in [-0.1, -0.05) is 18.2 Å². The molecule has 0 spiro atoms. The molecule has 3 rings (SSSR count). The Hall–Kier alpha value is -3.26. The molecule has 8 heteroatoms. The summed E-state index contributed by atoms with van der Waals surface area (Å²) in [6.07, 6.45) is 0. The number of carbonyl (C=O) groups is 2. The molecule has 0 aliphatic carbocycles. The fraction of sp³-hybridized carbons (Fsp3) is 0.0526. The Morgan fingerprint density at radius 1 is 0.889 bits per heavy atom. The van der Waals surface area contributed by atoms with E-state index in [1.165, 1.54) is 0 Å². The van der Waals surface area contributed by atoms with Crippen LogP contribution in [0.15, 0.2) is 60.7 Å². The number of halogens is 2. The summed E-state index contributed by atoms with van der Waals surface area (Å²) >= 11 is 1.09. The summed E-state index contributed by atoms with van der Waals surface area (Å²) < 4.78 is 26.3. The lowest BCUT2D eigenvalue weighted by Crippen LogP contribution is -2.22. The van der Waals surface area contributed by atoms with E-state index in [0.29, 0.717) is 21.1 Å². The van der Waals surface area contributed by atoms with E-state index in [2.05, 4.69) is 16.0 Å². The van der Waals surface area contributed by atoms with Crippen LogP contribution < -0.4 is 16.0 Å². The Labute approximate surface area is 158 Å². The number of carbonyl (C=O) groups excluding carboxylic acids is 2. The van der Waals surface area contributed by atoms with Crippen LogP contribution in [0.2, 0.25) is 0 Å². The second-order valence-corrected chi connectivity index (χ2v) is 6.65. The van der Waals surface area contributed by atoms with E-state index in [1.807, 2.05) is 6.07 Å². The van der Waals surface area contributed by atoms with Crippen LogP contribution in [0.5, 0.6) is 0 Å². The summed E-state index contributed by atoms with van der Waals surface area (Å²) in [5, 5.41) is 8.39. The van der Waals surface area contributed by atoms with Gasteiger partial charge in [-0.15, -0.1) is 11.3 Å². The maximum atomic E-state index is 13.2. The molecule has 0 saturated carbocycles. The molecular weight excluding hydrogens is 372 g/mol. The van der Waals surface area contributed by atoms with E-state index in [9.17, 15) is 18.4 Å². The Morgan fingerprint density at radius 2 is 1.59 bits per heavy atom. The fourth-order valence-corrected chi connectivity index (χ4v) is 3.12. The van der Waals surface area contributed by atoms with Crippen LogP contribution in [-0.2, 0) is 6.54 Å². The predicted molar refractivity (Wildman–Crippen MR) is 101 cm³/mol. The largest absolute Gasteiger partial charge is 0.347 e. The second-order valence-electron chi connectivity index (χ2n) is 5.57. The van der Waals surface area contributed by atoms with Crippen molar-refractivity contribution in [2.24, 2.45) is 0 Å². The van der Waals surface area contributed by atoms with Crippen molar-refractivity contribution in [3.63, 3.8) is 0 Å². The number of rotatable bonds is 5. The van der Waals surface area contributed by atoms with Crippen LogP contribution >= 0.6 is 11.3 Å². The number of amides is 3. The molecular formula is C19H15F2N3O2S. The number of urea groups is 1. The number of anilines is 2. The average molecular weight is 387 g/mol. The van der Waals surface area contributed by atoms with Gasteiger partial charge in [0.2, 0.25) is 0 Å². The van der Waals surface area contributed by atoms with E-state index in [4.69, 9.17) is 0 Å². The third-order valence-electron chi connectivity index (χ3n) is 3.47. The summed E-state index contributed by atoms with van der Waals surface area (Å²) in [4.78, 5) is 24.5. The molecule has 3 amide bonds. The SMILES string of the molecule is O=C(Nc1ccccc1)Nc1ccc(C(=O)NCc2cc(F)cc(F)c2)s1. The van der Waals surface area contributed by atoms with Gasteiger partial charge in [0.15, 0.2) is 0 Å². The molecule has 0 bridgehead atoms. The lowest BCUT2D eigenvalue weighted by atomic mass is 10.2. The van der Waals surface area contributed by atoms with Crippen molar-refractivity contribution in [1.82, 2.24) is 5.32 Å². The van der Waals surface area contributed by atoms with Crippen LogP contribution in [0.1, 0.15) is 15.2 Å². The van der Waals surface area contributed by atoms with Gasteiger partial charge in [-0.05, 0) is 42.0 Å². The monoisotopic (exact) mass is 387 g/mol. The van der Waals surface area contributed by atoms with Crippen LogP contribution in [-0.4, -0.2) is 11.9 Å². The number of benzene rings is 2. The molecule has 27 heavy (non-hydrogen) atoms. The predicted octanol–water partition coefficient (Wildman–Crippen LogP) is 4.60. The first kappa shape index (κ1) is 18.5. The normalized spacial score (nSPS) is 10.3. The summed E-state index contributed by atoms with van der Waals surface area (Å²) in [5.41, 5.74) is 0.963.